The highest BCUT2D eigenvalue weighted by atomic mass is 32.1. The summed E-state index contributed by atoms with van der Waals surface area (Å²) < 4.78 is 10.9. The third-order valence-electron chi connectivity index (χ3n) is 4.69. The van der Waals surface area contributed by atoms with E-state index in [0.717, 1.165) is 22.8 Å². The van der Waals surface area contributed by atoms with Gasteiger partial charge in [0.2, 0.25) is 0 Å². The molecule has 0 amide bonds. The largest absolute Gasteiger partial charge is 0.497 e. The van der Waals surface area contributed by atoms with Gasteiger partial charge in [-0.05, 0) is 48.6 Å². The summed E-state index contributed by atoms with van der Waals surface area (Å²) in [5.74, 6) is 1.42. The molecule has 0 aliphatic carbocycles. The second kappa shape index (κ2) is 7.28. The van der Waals surface area contributed by atoms with Crippen molar-refractivity contribution < 1.29 is 9.47 Å². The molecule has 1 aromatic carbocycles. The van der Waals surface area contributed by atoms with E-state index in [1.54, 1.807) is 20.4 Å². The number of H-pyrrole nitrogens is 1. The first-order valence-electron chi connectivity index (χ1n) is 8.59. The number of hydrogen-bond donors (Lipinski definition) is 2. The molecule has 0 spiro atoms. The van der Waals surface area contributed by atoms with E-state index in [-0.39, 0.29) is 12.1 Å². The van der Waals surface area contributed by atoms with Gasteiger partial charge in [-0.1, -0.05) is 6.07 Å². The Kier molecular flexibility index (Phi) is 4.68. The van der Waals surface area contributed by atoms with Crippen LogP contribution in [0.4, 0.5) is 5.69 Å². The van der Waals surface area contributed by atoms with Gasteiger partial charge in [0.05, 0.1) is 31.6 Å². The Morgan fingerprint density at radius 3 is 2.63 bits per heavy atom. The van der Waals surface area contributed by atoms with E-state index in [1.807, 2.05) is 48.7 Å². The zero-order valence-corrected chi connectivity index (χ0v) is 15.9. The Balaban J connectivity index is 1.83. The van der Waals surface area contributed by atoms with E-state index >= 15 is 0 Å². The van der Waals surface area contributed by atoms with Crippen LogP contribution < -0.4 is 19.7 Å². The van der Waals surface area contributed by atoms with Crippen molar-refractivity contribution in [2.24, 2.45) is 0 Å². The Bertz CT molecular complexity index is 930. The number of rotatable bonds is 5. The third-order valence-corrected chi connectivity index (χ3v) is 5.00. The second-order valence-corrected chi connectivity index (χ2v) is 6.55. The quantitative estimate of drug-likeness (QED) is 0.660. The molecule has 3 aromatic rings. The van der Waals surface area contributed by atoms with Crippen LogP contribution in [0.1, 0.15) is 23.5 Å². The van der Waals surface area contributed by atoms with Gasteiger partial charge in [-0.25, -0.2) is 0 Å². The molecule has 0 radical (unpaired) electrons. The fourth-order valence-electron chi connectivity index (χ4n) is 3.44. The van der Waals surface area contributed by atoms with Crippen molar-refractivity contribution in [3.8, 4) is 11.5 Å². The summed E-state index contributed by atoms with van der Waals surface area (Å²) in [6.45, 7) is 0. The van der Waals surface area contributed by atoms with Gasteiger partial charge in [0.25, 0.3) is 0 Å². The maximum absolute atomic E-state index is 5.71. The molecule has 0 saturated carbocycles. The van der Waals surface area contributed by atoms with Gasteiger partial charge in [-0.3, -0.25) is 4.98 Å². The minimum atomic E-state index is -0.0934. The van der Waals surface area contributed by atoms with Crippen LogP contribution in [0.3, 0.4) is 0 Å². The molecular weight excluding hydrogens is 360 g/mol. The summed E-state index contributed by atoms with van der Waals surface area (Å²) in [5, 5.41) is 4.04. The van der Waals surface area contributed by atoms with Crippen molar-refractivity contribution in [2.45, 2.75) is 12.1 Å². The molecule has 0 bridgehead atoms. The molecule has 2 N–H and O–H groups in total. The zero-order chi connectivity index (χ0) is 18.8. The summed E-state index contributed by atoms with van der Waals surface area (Å²) in [4.78, 5) is 9.93. The van der Waals surface area contributed by atoms with E-state index < -0.39 is 0 Å². The number of nitrogens with one attached hydrogen (secondary N) is 2. The molecule has 138 valence electrons. The highest BCUT2D eigenvalue weighted by Gasteiger charge is 2.42. The van der Waals surface area contributed by atoms with Crippen molar-refractivity contribution in [2.75, 3.05) is 19.1 Å². The van der Waals surface area contributed by atoms with E-state index in [1.165, 1.54) is 0 Å². The summed E-state index contributed by atoms with van der Waals surface area (Å²) >= 11 is 5.71. The van der Waals surface area contributed by atoms with Crippen LogP contribution in [0.15, 0.2) is 60.9 Å². The van der Waals surface area contributed by atoms with Gasteiger partial charge in [0.15, 0.2) is 5.11 Å². The maximum Gasteiger partial charge on any atom is 0.174 e. The Morgan fingerprint density at radius 1 is 1.07 bits per heavy atom. The monoisotopic (exact) mass is 380 g/mol. The van der Waals surface area contributed by atoms with Crippen LogP contribution in [0.2, 0.25) is 0 Å². The van der Waals surface area contributed by atoms with Crippen LogP contribution in [0, 0.1) is 0 Å². The van der Waals surface area contributed by atoms with E-state index in [4.69, 9.17) is 21.7 Å². The summed E-state index contributed by atoms with van der Waals surface area (Å²) in [7, 11) is 3.28. The Labute approximate surface area is 163 Å². The van der Waals surface area contributed by atoms with E-state index in [9.17, 15) is 0 Å². The van der Waals surface area contributed by atoms with E-state index in [2.05, 4.69) is 26.3 Å². The molecule has 1 aliphatic heterocycles. The molecule has 2 unspecified atom stereocenters. The lowest BCUT2D eigenvalue weighted by Gasteiger charge is -2.28. The van der Waals surface area contributed by atoms with Gasteiger partial charge in [-0.2, -0.15) is 0 Å². The number of pyridine rings is 1. The molecule has 1 saturated heterocycles. The smallest absolute Gasteiger partial charge is 0.174 e. The van der Waals surface area contributed by atoms with Gasteiger partial charge in [0.1, 0.15) is 17.5 Å². The Morgan fingerprint density at radius 2 is 1.96 bits per heavy atom. The van der Waals surface area contributed by atoms with Crippen molar-refractivity contribution in [3.05, 3.63) is 72.3 Å². The van der Waals surface area contributed by atoms with Crippen molar-refractivity contribution >= 4 is 23.0 Å². The number of aromatic amines is 1. The number of aromatic nitrogens is 2. The summed E-state index contributed by atoms with van der Waals surface area (Å²) in [5.41, 5.74) is 2.83. The average Bonchev–Trinajstić information content (AvgIpc) is 3.35. The fraction of sp³-hybridized carbons (Fsp3) is 0.200. The van der Waals surface area contributed by atoms with E-state index in [0.29, 0.717) is 10.9 Å². The highest BCUT2D eigenvalue weighted by Crippen LogP contribution is 2.44. The number of benzene rings is 1. The SMILES string of the molecule is COc1ccc(N2C(=S)NC(c3ccccn3)C2c2ccc[nH]2)c(OC)c1. The van der Waals surface area contributed by atoms with Gasteiger partial charge in [-0.15, -0.1) is 0 Å². The number of methoxy groups -OCH3 is 2. The van der Waals surface area contributed by atoms with Crippen molar-refractivity contribution in [3.63, 3.8) is 0 Å². The zero-order valence-electron chi connectivity index (χ0n) is 15.0. The molecular formula is C20H20N4O2S. The molecule has 4 rings (SSSR count). The minimum absolute atomic E-state index is 0.0929. The molecule has 2 atom stereocenters. The molecule has 2 aromatic heterocycles. The number of hydrogen-bond acceptors (Lipinski definition) is 4. The number of nitrogens with zero attached hydrogens (tertiary/aromatic N) is 2. The first kappa shape index (κ1) is 17.4. The molecule has 7 heteroatoms. The molecule has 27 heavy (non-hydrogen) atoms. The van der Waals surface area contributed by atoms with Crippen LogP contribution in [-0.4, -0.2) is 29.3 Å². The first-order valence-corrected chi connectivity index (χ1v) is 8.99. The number of thiocarbonyl (C=S) groups is 1. The standard InChI is InChI=1S/C20H20N4O2S/c1-25-13-8-9-16(17(12-13)26-2)24-19(15-7-5-11-22-15)18(23-20(24)27)14-6-3-4-10-21-14/h3-12,18-19,22H,1-2H3,(H,23,27). The van der Waals surface area contributed by atoms with Crippen LogP contribution in [-0.2, 0) is 0 Å². The Hall–Kier alpha value is -3.06. The van der Waals surface area contributed by atoms with Crippen LogP contribution in [0.5, 0.6) is 11.5 Å². The average molecular weight is 380 g/mol. The highest BCUT2D eigenvalue weighted by molar-refractivity contribution is 7.80. The third kappa shape index (κ3) is 3.10. The number of ether oxygens (including phenoxy) is 2. The van der Waals surface area contributed by atoms with Crippen LogP contribution >= 0.6 is 12.2 Å². The van der Waals surface area contributed by atoms with Crippen molar-refractivity contribution in [1.82, 2.24) is 15.3 Å². The summed E-state index contributed by atoms with van der Waals surface area (Å²) in [6.07, 6.45) is 3.71. The first-order chi connectivity index (χ1) is 13.2. The molecule has 1 fully saturated rings. The molecule has 1 aliphatic rings. The summed E-state index contributed by atoms with van der Waals surface area (Å²) in [6, 6.07) is 15.5. The number of anilines is 1. The maximum atomic E-state index is 5.71. The lowest BCUT2D eigenvalue weighted by molar-refractivity contribution is 0.394. The van der Waals surface area contributed by atoms with Gasteiger partial charge < -0.3 is 24.7 Å². The minimum Gasteiger partial charge on any atom is -0.497 e. The fourth-order valence-corrected chi connectivity index (χ4v) is 3.78. The predicted molar refractivity (Wildman–Crippen MR) is 108 cm³/mol. The van der Waals surface area contributed by atoms with Crippen LogP contribution in [0.25, 0.3) is 0 Å². The molecule has 3 heterocycles. The lowest BCUT2D eigenvalue weighted by Crippen LogP contribution is -2.29. The normalized spacial score (nSPS) is 19.0. The lowest BCUT2D eigenvalue weighted by atomic mass is 10.0. The van der Waals surface area contributed by atoms with Gasteiger partial charge in [0, 0.05) is 24.2 Å². The van der Waals surface area contributed by atoms with Gasteiger partial charge >= 0.3 is 0 Å². The van der Waals surface area contributed by atoms with Crippen molar-refractivity contribution in [1.29, 1.82) is 0 Å². The second-order valence-electron chi connectivity index (χ2n) is 6.16. The topological polar surface area (TPSA) is 62.4 Å². The molecule has 6 nitrogen and oxygen atoms in total. The predicted octanol–water partition coefficient (Wildman–Crippen LogP) is 3.60.